The average Bonchev–Trinajstić information content (AvgIpc) is 3.07. The first-order valence-corrected chi connectivity index (χ1v) is 8.30. The van der Waals surface area contributed by atoms with Gasteiger partial charge in [-0.2, -0.15) is 4.31 Å². The van der Waals surface area contributed by atoms with E-state index in [4.69, 9.17) is 4.52 Å². The monoisotopic (exact) mass is 307 g/mol. The number of hydrogen-bond donors (Lipinski definition) is 0. The van der Waals surface area contributed by atoms with Crippen molar-refractivity contribution in [3.8, 4) is 0 Å². The Balaban J connectivity index is 2.03. The van der Waals surface area contributed by atoms with Crippen LogP contribution in [0.5, 0.6) is 0 Å². The summed E-state index contributed by atoms with van der Waals surface area (Å²) >= 11 is 0. The second kappa shape index (κ2) is 5.23. The van der Waals surface area contributed by atoms with E-state index in [1.54, 1.807) is 26.2 Å². The fourth-order valence-electron chi connectivity index (χ4n) is 2.89. The zero-order valence-corrected chi connectivity index (χ0v) is 12.8. The minimum atomic E-state index is -3.60. The van der Waals surface area contributed by atoms with Gasteiger partial charge in [-0.1, -0.05) is 11.2 Å². The Morgan fingerprint density at radius 1 is 1.38 bits per heavy atom. The fraction of sp³-hybridized carbons (Fsp3) is 0.429. The van der Waals surface area contributed by atoms with E-state index in [0.29, 0.717) is 18.0 Å². The van der Waals surface area contributed by atoms with Gasteiger partial charge in [0.25, 0.3) is 0 Å². The predicted molar refractivity (Wildman–Crippen MR) is 76.1 cm³/mol. The minimum absolute atomic E-state index is 0.169. The molecule has 0 unspecified atom stereocenters. The molecule has 0 saturated carbocycles. The van der Waals surface area contributed by atoms with Crippen molar-refractivity contribution in [3.63, 3.8) is 0 Å². The van der Waals surface area contributed by atoms with Gasteiger partial charge in [0.05, 0.1) is 6.04 Å². The highest BCUT2D eigenvalue weighted by atomic mass is 32.2. The molecule has 0 radical (unpaired) electrons. The summed E-state index contributed by atoms with van der Waals surface area (Å²) in [7, 11) is -3.60. The predicted octanol–water partition coefficient (Wildman–Crippen LogP) is 2.21. The van der Waals surface area contributed by atoms with Gasteiger partial charge in [0.2, 0.25) is 10.0 Å². The third-order valence-corrected chi connectivity index (χ3v) is 5.96. The SMILES string of the molecule is Cc1noc(C)c1S(=O)(=O)N1CCC[C@H]1c1cccnc1. The second-order valence-corrected chi connectivity index (χ2v) is 7.04. The van der Waals surface area contributed by atoms with Gasteiger partial charge in [-0.05, 0) is 38.3 Å². The van der Waals surface area contributed by atoms with Crippen LogP contribution >= 0.6 is 0 Å². The largest absolute Gasteiger partial charge is 0.360 e. The van der Waals surface area contributed by atoms with Crippen molar-refractivity contribution in [3.05, 3.63) is 41.5 Å². The second-order valence-electron chi connectivity index (χ2n) is 5.21. The van der Waals surface area contributed by atoms with E-state index in [0.717, 1.165) is 18.4 Å². The molecular formula is C14H17N3O3S. The Morgan fingerprint density at radius 3 is 2.81 bits per heavy atom. The summed E-state index contributed by atoms with van der Waals surface area (Å²) in [5, 5.41) is 3.76. The molecule has 112 valence electrons. The zero-order chi connectivity index (χ0) is 15.0. The van der Waals surface area contributed by atoms with Crippen LogP contribution in [0.25, 0.3) is 0 Å². The lowest BCUT2D eigenvalue weighted by Gasteiger charge is -2.23. The van der Waals surface area contributed by atoms with Crippen molar-refractivity contribution in [2.24, 2.45) is 0 Å². The molecule has 3 heterocycles. The highest BCUT2D eigenvalue weighted by Crippen LogP contribution is 2.37. The maximum Gasteiger partial charge on any atom is 0.249 e. The molecule has 2 aromatic heterocycles. The maximum absolute atomic E-state index is 12.9. The molecule has 21 heavy (non-hydrogen) atoms. The van der Waals surface area contributed by atoms with E-state index >= 15 is 0 Å². The zero-order valence-electron chi connectivity index (χ0n) is 12.0. The molecule has 1 aliphatic heterocycles. The quantitative estimate of drug-likeness (QED) is 0.869. The van der Waals surface area contributed by atoms with E-state index in [-0.39, 0.29) is 10.9 Å². The number of pyridine rings is 1. The first kappa shape index (κ1) is 14.2. The van der Waals surface area contributed by atoms with Crippen molar-refractivity contribution in [2.75, 3.05) is 6.54 Å². The lowest BCUT2D eigenvalue weighted by molar-refractivity contribution is 0.383. The normalized spacial score (nSPS) is 20.0. The molecule has 2 aromatic rings. The van der Waals surface area contributed by atoms with Crippen molar-refractivity contribution >= 4 is 10.0 Å². The fourth-order valence-corrected chi connectivity index (χ4v) is 4.87. The highest BCUT2D eigenvalue weighted by molar-refractivity contribution is 7.89. The van der Waals surface area contributed by atoms with Crippen molar-refractivity contribution in [1.82, 2.24) is 14.4 Å². The Bertz CT molecular complexity index is 721. The molecule has 0 aromatic carbocycles. The van der Waals surface area contributed by atoms with Gasteiger partial charge in [0, 0.05) is 18.9 Å². The van der Waals surface area contributed by atoms with Gasteiger partial charge in [-0.25, -0.2) is 8.42 Å². The Hall–Kier alpha value is -1.73. The first-order valence-electron chi connectivity index (χ1n) is 6.86. The summed E-state index contributed by atoms with van der Waals surface area (Å²) in [6.45, 7) is 3.78. The summed E-state index contributed by atoms with van der Waals surface area (Å²) in [4.78, 5) is 4.28. The third-order valence-electron chi connectivity index (χ3n) is 3.81. The molecule has 6 nitrogen and oxygen atoms in total. The summed E-state index contributed by atoms with van der Waals surface area (Å²) in [6.07, 6.45) is 5.05. The van der Waals surface area contributed by atoms with Crippen LogP contribution in [0.15, 0.2) is 33.9 Å². The van der Waals surface area contributed by atoms with Gasteiger partial charge >= 0.3 is 0 Å². The lowest BCUT2D eigenvalue weighted by atomic mass is 10.1. The highest BCUT2D eigenvalue weighted by Gasteiger charge is 2.39. The summed E-state index contributed by atoms with van der Waals surface area (Å²) in [6, 6.07) is 3.57. The van der Waals surface area contributed by atoms with Crippen molar-refractivity contribution < 1.29 is 12.9 Å². The number of hydrogen-bond acceptors (Lipinski definition) is 5. The van der Waals surface area contributed by atoms with Gasteiger partial charge in [-0.15, -0.1) is 0 Å². The van der Waals surface area contributed by atoms with Crippen LogP contribution in [0.3, 0.4) is 0 Å². The lowest BCUT2D eigenvalue weighted by Crippen LogP contribution is -2.31. The van der Waals surface area contributed by atoms with E-state index in [9.17, 15) is 8.42 Å². The number of aromatic nitrogens is 2. The molecule has 0 amide bonds. The van der Waals surface area contributed by atoms with Gasteiger partial charge in [-0.3, -0.25) is 4.98 Å². The van der Waals surface area contributed by atoms with Gasteiger partial charge in [0.15, 0.2) is 5.76 Å². The molecular weight excluding hydrogens is 290 g/mol. The Labute approximate surface area is 123 Å². The summed E-state index contributed by atoms with van der Waals surface area (Å²) < 4.78 is 32.4. The van der Waals surface area contributed by atoms with Crippen LogP contribution in [0, 0.1) is 13.8 Å². The van der Waals surface area contributed by atoms with Crippen LogP contribution in [0.1, 0.15) is 35.9 Å². The summed E-state index contributed by atoms with van der Waals surface area (Å²) in [5.74, 6) is 0.337. The number of sulfonamides is 1. The Kier molecular flexibility index (Phi) is 3.54. The minimum Gasteiger partial charge on any atom is -0.360 e. The first-order chi connectivity index (χ1) is 10.0. The average molecular weight is 307 g/mol. The van der Waals surface area contributed by atoms with Crippen LogP contribution in [-0.4, -0.2) is 29.4 Å². The molecule has 0 N–H and O–H groups in total. The van der Waals surface area contributed by atoms with Crippen LogP contribution in [0.4, 0.5) is 0 Å². The van der Waals surface area contributed by atoms with Gasteiger partial charge < -0.3 is 4.52 Å². The van der Waals surface area contributed by atoms with Crippen LogP contribution in [-0.2, 0) is 10.0 Å². The molecule has 0 aliphatic carbocycles. The topological polar surface area (TPSA) is 76.3 Å². The van der Waals surface area contributed by atoms with Crippen molar-refractivity contribution in [1.29, 1.82) is 0 Å². The summed E-state index contributed by atoms with van der Waals surface area (Å²) in [5.41, 5.74) is 1.33. The number of nitrogens with zero attached hydrogens (tertiary/aromatic N) is 3. The molecule has 3 rings (SSSR count). The molecule has 1 fully saturated rings. The maximum atomic E-state index is 12.9. The van der Waals surface area contributed by atoms with Gasteiger partial charge in [0.1, 0.15) is 10.6 Å². The molecule has 1 saturated heterocycles. The third kappa shape index (κ3) is 2.36. The Morgan fingerprint density at radius 2 is 2.19 bits per heavy atom. The molecule has 0 bridgehead atoms. The van der Waals surface area contributed by atoms with E-state index < -0.39 is 10.0 Å². The van der Waals surface area contributed by atoms with E-state index in [2.05, 4.69) is 10.1 Å². The smallest absolute Gasteiger partial charge is 0.249 e. The van der Waals surface area contributed by atoms with E-state index in [1.807, 2.05) is 12.1 Å². The van der Waals surface area contributed by atoms with Crippen LogP contribution < -0.4 is 0 Å². The number of rotatable bonds is 3. The number of aryl methyl sites for hydroxylation is 2. The molecule has 1 atom stereocenters. The standard InChI is InChI=1S/C14H17N3O3S/c1-10-14(11(2)20-16-10)21(18,19)17-8-4-6-13(17)12-5-3-7-15-9-12/h3,5,7,9,13H,4,6,8H2,1-2H3/t13-/m0/s1. The van der Waals surface area contributed by atoms with E-state index in [1.165, 1.54) is 4.31 Å². The molecule has 7 heteroatoms. The molecule has 0 spiro atoms. The van der Waals surface area contributed by atoms with Crippen molar-refractivity contribution in [2.45, 2.75) is 37.6 Å². The molecule has 1 aliphatic rings. The van der Waals surface area contributed by atoms with Crippen LogP contribution in [0.2, 0.25) is 0 Å².